The first-order valence-electron chi connectivity index (χ1n) is 11.1. The molecule has 1 aromatic carbocycles. The number of nitrogens with one attached hydrogen (secondary N) is 1. The van der Waals surface area contributed by atoms with Gasteiger partial charge in [0.25, 0.3) is 0 Å². The number of likely N-dealkylation sites (N-methyl/N-ethyl adjacent to an activating group) is 1. The van der Waals surface area contributed by atoms with Crippen molar-refractivity contribution in [3.63, 3.8) is 0 Å². The number of aryl methyl sites for hydroxylation is 3. The van der Waals surface area contributed by atoms with Crippen molar-refractivity contribution in [3.05, 3.63) is 41.2 Å². The van der Waals surface area contributed by atoms with Crippen LogP contribution in [0.2, 0.25) is 0 Å². The van der Waals surface area contributed by atoms with Crippen LogP contribution in [0.5, 0.6) is 0 Å². The predicted molar refractivity (Wildman–Crippen MR) is 125 cm³/mol. The first kappa shape index (κ1) is 21.4. The number of benzene rings is 1. The molecule has 0 spiro atoms. The number of hydrogen-bond donors (Lipinski definition) is 1. The van der Waals surface area contributed by atoms with Gasteiger partial charge in [-0.3, -0.25) is 0 Å². The Balaban J connectivity index is 1.37. The van der Waals surface area contributed by atoms with Crippen LogP contribution in [0.1, 0.15) is 17.0 Å². The molecule has 8 nitrogen and oxygen atoms in total. The average Bonchev–Trinajstić information content (AvgIpc) is 2.73. The van der Waals surface area contributed by atoms with Crippen LogP contribution in [0.4, 0.5) is 22.1 Å². The summed E-state index contributed by atoms with van der Waals surface area (Å²) in [6, 6.07) is 8.18. The maximum absolute atomic E-state index is 12.7. The highest BCUT2D eigenvalue weighted by molar-refractivity contribution is 5.89. The van der Waals surface area contributed by atoms with Crippen molar-refractivity contribution >= 4 is 23.4 Å². The highest BCUT2D eigenvalue weighted by Gasteiger charge is 2.24. The van der Waals surface area contributed by atoms with Crippen molar-refractivity contribution in [1.29, 1.82) is 0 Å². The van der Waals surface area contributed by atoms with E-state index < -0.39 is 0 Å². The van der Waals surface area contributed by atoms with E-state index in [4.69, 9.17) is 0 Å². The third-order valence-corrected chi connectivity index (χ3v) is 6.00. The molecule has 2 aromatic rings. The van der Waals surface area contributed by atoms with Crippen molar-refractivity contribution in [2.24, 2.45) is 0 Å². The van der Waals surface area contributed by atoms with E-state index in [2.05, 4.69) is 49.2 Å². The smallest absolute Gasteiger partial charge is 0.321 e. The SMILES string of the molecule is Cc1cc(C)cc(NC(=O)N2CCN(c3cc(N4CCN(C)CC4)nc(C)n3)CC2)c1. The number of aromatic nitrogens is 2. The summed E-state index contributed by atoms with van der Waals surface area (Å²) in [6.07, 6.45) is 0. The van der Waals surface area contributed by atoms with Crippen LogP contribution in [-0.4, -0.2) is 85.2 Å². The minimum Gasteiger partial charge on any atom is -0.354 e. The van der Waals surface area contributed by atoms with E-state index in [-0.39, 0.29) is 6.03 Å². The predicted octanol–water partition coefficient (Wildman–Crippen LogP) is 2.51. The molecule has 31 heavy (non-hydrogen) atoms. The Hall–Kier alpha value is -2.87. The fraction of sp³-hybridized carbons (Fsp3) is 0.522. The van der Waals surface area contributed by atoms with Crippen LogP contribution in [-0.2, 0) is 0 Å². The molecule has 0 unspecified atom stereocenters. The van der Waals surface area contributed by atoms with Gasteiger partial charge in [0.1, 0.15) is 17.5 Å². The fourth-order valence-corrected chi connectivity index (χ4v) is 4.28. The van der Waals surface area contributed by atoms with E-state index >= 15 is 0 Å². The van der Waals surface area contributed by atoms with Crippen molar-refractivity contribution in [2.45, 2.75) is 20.8 Å². The molecule has 0 radical (unpaired) electrons. The lowest BCUT2D eigenvalue weighted by atomic mass is 10.1. The van der Waals surface area contributed by atoms with E-state index in [1.165, 1.54) is 0 Å². The summed E-state index contributed by atoms with van der Waals surface area (Å²) >= 11 is 0. The second-order valence-corrected chi connectivity index (χ2v) is 8.70. The Bertz CT molecular complexity index is 911. The largest absolute Gasteiger partial charge is 0.354 e. The highest BCUT2D eigenvalue weighted by atomic mass is 16.2. The number of carbonyl (C=O) groups excluding carboxylic acids is 1. The quantitative estimate of drug-likeness (QED) is 0.818. The normalized spacial score (nSPS) is 17.7. The molecule has 2 fully saturated rings. The molecule has 4 rings (SSSR count). The summed E-state index contributed by atoms with van der Waals surface area (Å²) in [5.41, 5.74) is 3.15. The van der Waals surface area contributed by atoms with E-state index in [1.807, 2.05) is 37.8 Å². The van der Waals surface area contributed by atoms with Crippen LogP contribution in [0.25, 0.3) is 0 Å². The van der Waals surface area contributed by atoms with Gasteiger partial charge in [0.05, 0.1) is 0 Å². The number of carbonyl (C=O) groups is 1. The third-order valence-electron chi connectivity index (χ3n) is 6.00. The lowest BCUT2D eigenvalue weighted by molar-refractivity contribution is 0.208. The maximum Gasteiger partial charge on any atom is 0.321 e. The van der Waals surface area contributed by atoms with Crippen molar-refractivity contribution in [1.82, 2.24) is 19.8 Å². The number of piperazine rings is 2. The van der Waals surface area contributed by atoms with Gasteiger partial charge in [0.2, 0.25) is 0 Å². The Kier molecular flexibility index (Phi) is 6.27. The molecule has 2 amide bonds. The summed E-state index contributed by atoms with van der Waals surface area (Å²) in [4.78, 5) is 30.9. The molecule has 0 aliphatic carbocycles. The van der Waals surface area contributed by atoms with Crippen molar-refractivity contribution in [3.8, 4) is 0 Å². The summed E-state index contributed by atoms with van der Waals surface area (Å²) in [7, 11) is 2.16. The minimum absolute atomic E-state index is 0.0401. The molecule has 0 bridgehead atoms. The van der Waals surface area contributed by atoms with Gasteiger partial charge in [-0.15, -0.1) is 0 Å². The number of nitrogens with zero attached hydrogens (tertiary/aromatic N) is 6. The minimum atomic E-state index is -0.0401. The van der Waals surface area contributed by atoms with Crippen molar-refractivity contribution < 1.29 is 4.79 Å². The van der Waals surface area contributed by atoms with Gasteiger partial charge >= 0.3 is 6.03 Å². The van der Waals surface area contributed by atoms with Gasteiger partial charge in [-0.05, 0) is 51.1 Å². The first-order chi connectivity index (χ1) is 14.9. The van der Waals surface area contributed by atoms with Crippen molar-refractivity contribution in [2.75, 3.05) is 74.5 Å². The Morgan fingerprint density at radius 2 is 1.29 bits per heavy atom. The van der Waals surface area contributed by atoms with Crippen LogP contribution in [0, 0.1) is 20.8 Å². The highest BCUT2D eigenvalue weighted by Crippen LogP contribution is 2.22. The van der Waals surface area contributed by atoms with E-state index in [1.54, 1.807) is 0 Å². The van der Waals surface area contributed by atoms with Crippen LogP contribution in [0.15, 0.2) is 24.3 Å². The van der Waals surface area contributed by atoms with Gasteiger partial charge in [-0.2, -0.15) is 0 Å². The van der Waals surface area contributed by atoms with Gasteiger partial charge in [-0.25, -0.2) is 14.8 Å². The molecule has 0 atom stereocenters. The van der Waals surface area contributed by atoms with E-state index in [0.29, 0.717) is 13.1 Å². The molecule has 1 aromatic heterocycles. The van der Waals surface area contributed by atoms with Crippen LogP contribution < -0.4 is 15.1 Å². The molecule has 2 aliphatic rings. The molecule has 2 aliphatic heterocycles. The number of urea groups is 1. The van der Waals surface area contributed by atoms with Crippen LogP contribution in [0.3, 0.4) is 0 Å². The molecule has 3 heterocycles. The zero-order chi connectivity index (χ0) is 22.0. The van der Waals surface area contributed by atoms with Crippen LogP contribution >= 0.6 is 0 Å². The molecule has 8 heteroatoms. The first-order valence-corrected chi connectivity index (χ1v) is 11.1. The van der Waals surface area contributed by atoms with Gasteiger partial charge in [-0.1, -0.05) is 6.07 Å². The van der Waals surface area contributed by atoms with Gasteiger partial charge in [0.15, 0.2) is 0 Å². The monoisotopic (exact) mass is 423 g/mol. The molecule has 0 saturated carbocycles. The lowest BCUT2D eigenvalue weighted by Crippen LogP contribution is -2.50. The summed E-state index contributed by atoms with van der Waals surface area (Å²) in [5, 5.41) is 3.04. The van der Waals surface area contributed by atoms with E-state index in [9.17, 15) is 4.79 Å². The lowest BCUT2D eigenvalue weighted by Gasteiger charge is -2.36. The van der Waals surface area contributed by atoms with E-state index in [0.717, 1.165) is 73.5 Å². The molecular weight excluding hydrogens is 390 g/mol. The van der Waals surface area contributed by atoms with Gasteiger partial charge in [0, 0.05) is 64.1 Å². The molecular formula is C23H33N7O. The standard InChI is InChI=1S/C23H33N7O/c1-17-13-18(2)15-20(14-17)26-23(31)30-11-9-29(10-12-30)22-16-21(24-19(3)25-22)28-7-5-27(4)6-8-28/h13-16H,5-12H2,1-4H3,(H,26,31). The average molecular weight is 424 g/mol. The summed E-state index contributed by atoms with van der Waals surface area (Å²) < 4.78 is 0. The second kappa shape index (κ2) is 9.09. The van der Waals surface area contributed by atoms with Gasteiger partial charge < -0.3 is 24.9 Å². The summed E-state index contributed by atoms with van der Waals surface area (Å²) in [6.45, 7) is 13.0. The second-order valence-electron chi connectivity index (χ2n) is 8.70. The number of hydrogen-bond acceptors (Lipinski definition) is 6. The maximum atomic E-state index is 12.7. The molecule has 2 saturated heterocycles. The zero-order valence-electron chi connectivity index (χ0n) is 19.1. The zero-order valence-corrected chi connectivity index (χ0v) is 19.1. The summed E-state index contributed by atoms with van der Waals surface area (Å²) in [5.74, 6) is 2.75. The third kappa shape index (κ3) is 5.25. The Morgan fingerprint density at radius 1 is 0.774 bits per heavy atom. The number of anilines is 3. The fourth-order valence-electron chi connectivity index (χ4n) is 4.28. The molecule has 1 N–H and O–H groups in total. The topological polar surface area (TPSA) is 67.8 Å². The molecule has 166 valence electrons. The Morgan fingerprint density at radius 3 is 1.84 bits per heavy atom. The Labute approximate surface area is 184 Å². The number of rotatable bonds is 3. The number of amides is 2.